The van der Waals surface area contributed by atoms with E-state index in [1.807, 2.05) is 30.3 Å². The summed E-state index contributed by atoms with van der Waals surface area (Å²) >= 11 is 0. The maximum Gasteiger partial charge on any atom is 0.255 e. The van der Waals surface area contributed by atoms with E-state index in [1.165, 1.54) is 15.5 Å². The van der Waals surface area contributed by atoms with E-state index in [-0.39, 0.29) is 11.5 Å². The molecule has 1 heterocycles. The molecule has 0 unspecified atom stereocenters. The monoisotopic (exact) mass is 242 g/mol. The first-order valence-electron chi connectivity index (χ1n) is 5.59. The summed E-state index contributed by atoms with van der Waals surface area (Å²) in [5, 5.41) is 0. The first-order valence-corrected chi connectivity index (χ1v) is 5.59. The summed E-state index contributed by atoms with van der Waals surface area (Å²) in [4.78, 5) is 25.1. The van der Waals surface area contributed by atoms with E-state index in [1.54, 1.807) is 26.4 Å². The molecule has 4 heteroatoms. The second-order valence-corrected chi connectivity index (χ2v) is 4.16. The van der Waals surface area contributed by atoms with Crippen molar-refractivity contribution in [1.82, 2.24) is 9.47 Å². The molecule has 1 aromatic heterocycles. The van der Waals surface area contributed by atoms with E-state index < -0.39 is 0 Å². The van der Waals surface area contributed by atoms with Gasteiger partial charge >= 0.3 is 0 Å². The molecule has 92 valence electrons. The highest BCUT2D eigenvalue weighted by atomic mass is 16.2. The standard InChI is InChI=1S/C14H14N2O2/c1-15(2)14(18)11-8-9-13(17)16(10-11)12-6-4-3-5-7-12/h3-10H,1-2H3. The Morgan fingerprint density at radius 2 is 1.72 bits per heavy atom. The lowest BCUT2D eigenvalue weighted by atomic mass is 10.2. The van der Waals surface area contributed by atoms with Crippen molar-refractivity contribution in [2.75, 3.05) is 14.1 Å². The van der Waals surface area contributed by atoms with Crippen LogP contribution in [0.15, 0.2) is 53.5 Å². The smallest absolute Gasteiger partial charge is 0.255 e. The number of para-hydroxylation sites is 1. The highest BCUT2D eigenvalue weighted by Crippen LogP contribution is 2.06. The molecule has 0 aliphatic carbocycles. The molecule has 0 radical (unpaired) electrons. The van der Waals surface area contributed by atoms with Gasteiger partial charge in [0.1, 0.15) is 0 Å². The number of nitrogens with zero attached hydrogens (tertiary/aromatic N) is 2. The summed E-state index contributed by atoms with van der Waals surface area (Å²) in [6.45, 7) is 0. The van der Waals surface area contributed by atoms with Gasteiger partial charge in [-0.3, -0.25) is 14.2 Å². The Balaban J connectivity index is 2.52. The Hall–Kier alpha value is -2.36. The van der Waals surface area contributed by atoms with Crippen molar-refractivity contribution in [3.05, 3.63) is 64.6 Å². The van der Waals surface area contributed by atoms with Gasteiger partial charge in [0.2, 0.25) is 0 Å². The van der Waals surface area contributed by atoms with Crippen LogP contribution in [0.3, 0.4) is 0 Å². The van der Waals surface area contributed by atoms with Crippen molar-refractivity contribution >= 4 is 5.91 Å². The zero-order valence-electron chi connectivity index (χ0n) is 10.3. The van der Waals surface area contributed by atoms with Gasteiger partial charge in [-0.1, -0.05) is 18.2 Å². The molecular weight excluding hydrogens is 228 g/mol. The Kier molecular flexibility index (Phi) is 3.28. The lowest BCUT2D eigenvalue weighted by Crippen LogP contribution is -2.25. The molecule has 2 rings (SSSR count). The van der Waals surface area contributed by atoms with Gasteiger partial charge in [0.05, 0.1) is 5.56 Å². The second-order valence-electron chi connectivity index (χ2n) is 4.16. The van der Waals surface area contributed by atoms with Crippen LogP contribution in [0.2, 0.25) is 0 Å². The summed E-state index contributed by atoms with van der Waals surface area (Å²) in [6, 6.07) is 12.2. The molecule has 2 aromatic rings. The topological polar surface area (TPSA) is 42.3 Å². The van der Waals surface area contributed by atoms with E-state index in [9.17, 15) is 9.59 Å². The van der Waals surface area contributed by atoms with Crippen molar-refractivity contribution in [2.45, 2.75) is 0 Å². The van der Waals surface area contributed by atoms with Gasteiger partial charge in [-0.15, -0.1) is 0 Å². The lowest BCUT2D eigenvalue weighted by Gasteiger charge is -2.12. The van der Waals surface area contributed by atoms with E-state index in [0.29, 0.717) is 5.56 Å². The van der Waals surface area contributed by atoms with Crippen molar-refractivity contribution in [3.8, 4) is 5.69 Å². The Labute approximate surface area is 105 Å². The van der Waals surface area contributed by atoms with Crippen LogP contribution >= 0.6 is 0 Å². The fraction of sp³-hybridized carbons (Fsp3) is 0.143. The van der Waals surface area contributed by atoms with Gasteiger partial charge in [0, 0.05) is 32.0 Å². The first-order chi connectivity index (χ1) is 8.59. The Bertz CT molecular complexity index is 615. The predicted molar refractivity (Wildman–Crippen MR) is 70.1 cm³/mol. The number of aromatic nitrogens is 1. The summed E-state index contributed by atoms with van der Waals surface area (Å²) in [5.74, 6) is -0.125. The average Bonchev–Trinajstić information content (AvgIpc) is 2.39. The number of hydrogen-bond donors (Lipinski definition) is 0. The van der Waals surface area contributed by atoms with Gasteiger partial charge in [0.15, 0.2) is 0 Å². The third kappa shape index (κ3) is 2.32. The normalized spacial score (nSPS) is 10.1. The molecule has 1 amide bonds. The fourth-order valence-electron chi connectivity index (χ4n) is 1.66. The molecule has 4 nitrogen and oxygen atoms in total. The van der Waals surface area contributed by atoms with Crippen LogP contribution in [0.1, 0.15) is 10.4 Å². The van der Waals surface area contributed by atoms with Crippen molar-refractivity contribution in [1.29, 1.82) is 0 Å². The number of rotatable bonds is 2. The molecule has 18 heavy (non-hydrogen) atoms. The third-order valence-corrected chi connectivity index (χ3v) is 2.60. The van der Waals surface area contributed by atoms with Crippen molar-refractivity contribution in [2.24, 2.45) is 0 Å². The Morgan fingerprint density at radius 1 is 1.06 bits per heavy atom. The molecule has 1 aromatic carbocycles. The first kappa shape index (κ1) is 12.1. The van der Waals surface area contributed by atoms with Crippen LogP contribution in [0.25, 0.3) is 5.69 Å². The maximum absolute atomic E-state index is 11.8. The van der Waals surface area contributed by atoms with Gasteiger partial charge in [0.25, 0.3) is 11.5 Å². The van der Waals surface area contributed by atoms with Crippen molar-refractivity contribution in [3.63, 3.8) is 0 Å². The number of carbonyl (C=O) groups excluding carboxylic acids is 1. The predicted octanol–water partition coefficient (Wildman–Crippen LogP) is 1.54. The quantitative estimate of drug-likeness (QED) is 0.801. The molecule has 0 bridgehead atoms. The largest absolute Gasteiger partial charge is 0.345 e. The summed E-state index contributed by atoms with van der Waals surface area (Å²) in [7, 11) is 3.36. The van der Waals surface area contributed by atoms with E-state index in [2.05, 4.69) is 0 Å². The molecule has 0 N–H and O–H groups in total. The Morgan fingerprint density at radius 3 is 2.33 bits per heavy atom. The number of benzene rings is 1. The molecule has 0 aliphatic heterocycles. The zero-order valence-corrected chi connectivity index (χ0v) is 10.3. The van der Waals surface area contributed by atoms with Crippen LogP contribution in [-0.2, 0) is 0 Å². The van der Waals surface area contributed by atoms with E-state index in [4.69, 9.17) is 0 Å². The van der Waals surface area contributed by atoms with Crippen LogP contribution in [-0.4, -0.2) is 29.5 Å². The number of carbonyl (C=O) groups is 1. The molecule has 0 atom stereocenters. The summed E-state index contributed by atoms with van der Waals surface area (Å²) < 4.78 is 1.47. The molecule has 0 saturated heterocycles. The maximum atomic E-state index is 11.8. The SMILES string of the molecule is CN(C)C(=O)c1ccc(=O)n(-c2ccccc2)c1. The van der Waals surface area contributed by atoms with Gasteiger partial charge in [-0.05, 0) is 18.2 Å². The van der Waals surface area contributed by atoms with Crippen LogP contribution in [0.5, 0.6) is 0 Å². The van der Waals surface area contributed by atoms with Crippen LogP contribution in [0, 0.1) is 0 Å². The van der Waals surface area contributed by atoms with E-state index in [0.717, 1.165) is 5.69 Å². The van der Waals surface area contributed by atoms with Crippen molar-refractivity contribution < 1.29 is 4.79 Å². The zero-order chi connectivity index (χ0) is 13.1. The van der Waals surface area contributed by atoms with E-state index >= 15 is 0 Å². The molecule has 0 spiro atoms. The summed E-state index contributed by atoms with van der Waals surface area (Å²) in [6.07, 6.45) is 1.57. The lowest BCUT2D eigenvalue weighted by molar-refractivity contribution is 0.0827. The minimum atomic E-state index is -0.156. The number of amides is 1. The number of hydrogen-bond acceptors (Lipinski definition) is 2. The second kappa shape index (κ2) is 4.87. The van der Waals surface area contributed by atoms with Gasteiger partial charge in [-0.25, -0.2) is 0 Å². The fourth-order valence-corrected chi connectivity index (χ4v) is 1.66. The third-order valence-electron chi connectivity index (χ3n) is 2.60. The van der Waals surface area contributed by atoms with Crippen LogP contribution in [0.4, 0.5) is 0 Å². The van der Waals surface area contributed by atoms with Crippen LogP contribution < -0.4 is 5.56 Å². The number of pyridine rings is 1. The average molecular weight is 242 g/mol. The molecule has 0 fully saturated rings. The minimum Gasteiger partial charge on any atom is -0.345 e. The highest BCUT2D eigenvalue weighted by molar-refractivity contribution is 5.93. The van der Waals surface area contributed by atoms with Gasteiger partial charge in [-0.2, -0.15) is 0 Å². The molecule has 0 aliphatic rings. The molecule has 0 saturated carbocycles. The van der Waals surface area contributed by atoms with Gasteiger partial charge < -0.3 is 4.90 Å². The minimum absolute atomic E-state index is 0.125. The highest BCUT2D eigenvalue weighted by Gasteiger charge is 2.09. The summed E-state index contributed by atoms with van der Waals surface area (Å²) in [5.41, 5.74) is 1.08. The molecular formula is C14H14N2O2.